The van der Waals surface area contributed by atoms with Crippen molar-refractivity contribution in [2.75, 3.05) is 19.0 Å². The molecule has 1 atom stereocenters. The predicted octanol–water partition coefficient (Wildman–Crippen LogP) is 3.15. The SMILES string of the molecule is CC(CCC(C)(C)c1nnc(N(C)C)[nH]1)c1n[nH]c(C(C)(C)C)n1. The second-order valence-corrected chi connectivity index (χ2v) is 8.51. The molecule has 7 heteroatoms. The number of aromatic nitrogens is 6. The summed E-state index contributed by atoms with van der Waals surface area (Å²) in [4.78, 5) is 9.91. The van der Waals surface area contributed by atoms with Crippen molar-refractivity contribution in [3.8, 4) is 0 Å². The third kappa shape index (κ3) is 4.13. The van der Waals surface area contributed by atoms with Gasteiger partial charge in [-0.05, 0) is 12.8 Å². The molecule has 0 aliphatic carbocycles. The molecule has 7 nitrogen and oxygen atoms in total. The molecule has 2 heterocycles. The fourth-order valence-electron chi connectivity index (χ4n) is 2.41. The topological polar surface area (TPSA) is 86.4 Å². The number of hydrogen-bond donors (Lipinski definition) is 2. The Morgan fingerprint density at radius 2 is 1.71 bits per heavy atom. The molecule has 0 amide bonds. The summed E-state index contributed by atoms with van der Waals surface area (Å²) in [5.74, 6) is 3.84. The van der Waals surface area contributed by atoms with Gasteiger partial charge in [0.15, 0.2) is 5.82 Å². The molecule has 0 aliphatic heterocycles. The Kier molecular flexibility index (Phi) is 5.01. The summed E-state index contributed by atoms with van der Waals surface area (Å²) in [6, 6.07) is 0. The number of nitrogens with zero attached hydrogens (tertiary/aromatic N) is 5. The van der Waals surface area contributed by atoms with Crippen molar-refractivity contribution in [2.24, 2.45) is 0 Å². The van der Waals surface area contributed by atoms with E-state index in [-0.39, 0.29) is 10.8 Å². The van der Waals surface area contributed by atoms with Gasteiger partial charge in [-0.1, -0.05) is 41.5 Å². The van der Waals surface area contributed by atoms with E-state index >= 15 is 0 Å². The van der Waals surface area contributed by atoms with Gasteiger partial charge >= 0.3 is 0 Å². The van der Waals surface area contributed by atoms with Gasteiger partial charge < -0.3 is 9.88 Å². The maximum absolute atomic E-state index is 4.67. The van der Waals surface area contributed by atoms with E-state index in [1.165, 1.54) is 0 Å². The van der Waals surface area contributed by atoms with Crippen LogP contribution >= 0.6 is 0 Å². The number of nitrogens with one attached hydrogen (secondary N) is 2. The molecule has 2 aromatic heterocycles. The van der Waals surface area contributed by atoms with Crippen LogP contribution in [0.3, 0.4) is 0 Å². The van der Waals surface area contributed by atoms with E-state index in [2.05, 4.69) is 71.9 Å². The summed E-state index contributed by atoms with van der Waals surface area (Å²) in [5.41, 5.74) is -0.0780. The average Bonchev–Trinajstić information content (AvgIpc) is 3.13. The summed E-state index contributed by atoms with van der Waals surface area (Å²) in [5, 5.41) is 16.0. The third-order valence-corrected chi connectivity index (χ3v) is 4.40. The van der Waals surface area contributed by atoms with Crippen LogP contribution in [0.2, 0.25) is 0 Å². The Bertz CT molecular complexity index is 661. The van der Waals surface area contributed by atoms with E-state index in [0.717, 1.165) is 36.3 Å². The molecule has 0 bridgehead atoms. The molecule has 0 saturated carbocycles. The minimum absolute atomic E-state index is 0.00728. The smallest absolute Gasteiger partial charge is 0.224 e. The first-order valence-corrected chi connectivity index (χ1v) is 8.54. The molecular formula is C17H31N7. The van der Waals surface area contributed by atoms with Crippen molar-refractivity contribution in [1.82, 2.24) is 30.4 Å². The van der Waals surface area contributed by atoms with E-state index in [1.54, 1.807) is 0 Å². The van der Waals surface area contributed by atoms with Crippen molar-refractivity contribution in [1.29, 1.82) is 0 Å². The highest BCUT2D eigenvalue weighted by Crippen LogP contribution is 2.31. The van der Waals surface area contributed by atoms with Gasteiger partial charge in [0, 0.05) is 30.8 Å². The van der Waals surface area contributed by atoms with E-state index < -0.39 is 0 Å². The highest BCUT2D eigenvalue weighted by Gasteiger charge is 2.27. The first kappa shape index (κ1) is 18.4. The van der Waals surface area contributed by atoms with E-state index in [1.807, 2.05) is 19.0 Å². The maximum Gasteiger partial charge on any atom is 0.224 e. The molecule has 0 radical (unpaired) electrons. The number of hydrogen-bond acceptors (Lipinski definition) is 5. The van der Waals surface area contributed by atoms with Gasteiger partial charge in [0.1, 0.15) is 11.6 Å². The lowest BCUT2D eigenvalue weighted by atomic mass is 9.84. The van der Waals surface area contributed by atoms with Crippen molar-refractivity contribution >= 4 is 5.95 Å². The standard InChI is InChI=1S/C17H31N7/c1-11(12-18-13(21-20-12)16(2,3)4)9-10-17(5,6)14-19-15(23-22-14)24(7)8/h11H,9-10H2,1-8H3,(H,18,20,21)(H,19,22,23). The molecule has 134 valence electrons. The fraction of sp³-hybridized carbons (Fsp3) is 0.765. The lowest BCUT2D eigenvalue weighted by Gasteiger charge is -2.23. The van der Waals surface area contributed by atoms with Crippen LogP contribution in [0.15, 0.2) is 0 Å². The van der Waals surface area contributed by atoms with Crippen LogP contribution in [0.5, 0.6) is 0 Å². The monoisotopic (exact) mass is 333 g/mol. The highest BCUT2D eigenvalue weighted by atomic mass is 15.3. The molecule has 2 rings (SSSR count). The molecule has 2 N–H and O–H groups in total. The fourth-order valence-corrected chi connectivity index (χ4v) is 2.41. The normalized spacial score (nSPS) is 14.0. The number of anilines is 1. The lowest BCUT2D eigenvalue weighted by Crippen LogP contribution is -2.20. The summed E-state index contributed by atoms with van der Waals surface area (Å²) in [6.45, 7) is 13.0. The van der Waals surface area contributed by atoms with Crippen molar-refractivity contribution in [2.45, 2.75) is 71.1 Å². The van der Waals surface area contributed by atoms with Gasteiger partial charge in [-0.25, -0.2) is 4.98 Å². The van der Waals surface area contributed by atoms with E-state index in [4.69, 9.17) is 0 Å². The Morgan fingerprint density at radius 3 is 2.21 bits per heavy atom. The molecule has 1 unspecified atom stereocenters. The molecule has 2 aromatic rings. The predicted molar refractivity (Wildman–Crippen MR) is 96.5 cm³/mol. The molecule has 0 spiro atoms. The van der Waals surface area contributed by atoms with Gasteiger partial charge in [0.05, 0.1) is 0 Å². The van der Waals surface area contributed by atoms with Crippen LogP contribution in [0.1, 0.15) is 77.8 Å². The zero-order chi connectivity index (χ0) is 18.1. The largest absolute Gasteiger partial charge is 0.347 e. The first-order valence-electron chi connectivity index (χ1n) is 8.54. The summed E-state index contributed by atoms with van der Waals surface area (Å²) >= 11 is 0. The number of rotatable bonds is 6. The van der Waals surface area contributed by atoms with Crippen LogP contribution < -0.4 is 4.90 Å². The Balaban J connectivity index is 2.01. The zero-order valence-electron chi connectivity index (χ0n) is 16.2. The van der Waals surface area contributed by atoms with E-state index in [0.29, 0.717) is 5.92 Å². The van der Waals surface area contributed by atoms with Gasteiger partial charge in [-0.2, -0.15) is 5.10 Å². The zero-order valence-corrected chi connectivity index (χ0v) is 16.2. The molecule has 0 fully saturated rings. The Hall–Kier alpha value is -1.92. The number of aromatic amines is 2. The van der Waals surface area contributed by atoms with Gasteiger partial charge in [-0.15, -0.1) is 10.2 Å². The second-order valence-electron chi connectivity index (χ2n) is 8.51. The lowest BCUT2D eigenvalue weighted by molar-refractivity contribution is 0.413. The van der Waals surface area contributed by atoms with Crippen LogP contribution in [-0.2, 0) is 10.8 Å². The van der Waals surface area contributed by atoms with Crippen molar-refractivity contribution in [3.05, 3.63) is 17.5 Å². The van der Waals surface area contributed by atoms with Crippen molar-refractivity contribution < 1.29 is 0 Å². The minimum Gasteiger partial charge on any atom is -0.347 e. The van der Waals surface area contributed by atoms with Crippen molar-refractivity contribution in [3.63, 3.8) is 0 Å². The molecule has 0 aromatic carbocycles. The van der Waals surface area contributed by atoms with Crippen LogP contribution in [0, 0.1) is 0 Å². The van der Waals surface area contributed by atoms with Crippen LogP contribution in [-0.4, -0.2) is 44.5 Å². The van der Waals surface area contributed by atoms with Gasteiger partial charge in [-0.3, -0.25) is 5.10 Å². The van der Waals surface area contributed by atoms with Crippen LogP contribution in [0.25, 0.3) is 0 Å². The molecule has 0 saturated heterocycles. The maximum atomic E-state index is 4.67. The summed E-state index contributed by atoms with van der Waals surface area (Å²) in [6.07, 6.45) is 1.97. The molecule has 24 heavy (non-hydrogen) atoms. The minimum atomic E-state index is -0.0707. The third-order valence-electron chi connectivity index (χ3n) is 4.40. The van der Waals surface area contributed by atoms with Crippen LogP contribution in [0.4, 0.5) is 5.95 Å². The summed E-state index contributed by atoms with van der Waals surface area (Å²) < 4.78 is 0. The molecule has 0 aliphatic rings. The quantitative estimate of drug-likeness (QED) is 0.848. The van der Waals surface area contributed by atoms with Gasteiger partial charge in [0.2, 0.25) is 5.95 Å². The van der Waals surface area contributed by atoms with E-state index in [9.17, 15) is 0 Å². The molecular weight excluding hydrogens is 302 g/mol. The average molecular weight is 333 g/mol. The van der Waals surface area contributed by atoms with Gasteiger partial charge in [0.25, 0.3) is 0 Å². The Labute approximate surface area is 144 Å². The summed E-state index contributed by atoms with van der Waals surface area (Å²) in [7, 11) is 3.91. The second kappa shape index (κ2) is 6.53. The number of H-pyrrole nitrogens is 2. The first-order chi connectivity index (χ1) is 11.0. The Morgan fingerprint density at radius 1 is 1.04 bits per heavy atom. The highest BCUT2D eigenvalue weighted by molar-refractivity contribution is 5.26.